The van der Waals surface area contributed by atoms with E-state index in [9.17, 15) is 0 Å². The van der Waals surface area contributed by atoms with Gasteiger partial charge < -0.3 is 13.9 Å². The van der Waals surface area contributed by atoms with Crippen molar-refractivity contribution < 1.29 is 13.9 Å². The lowest BCUT2D eigenvalue weighted by Gasteiger charge is -2.11. The van der Waals surface area contributed by atoms with Crippen molar-refractivity contribution in [1.82, 2.24) is 0 Å². The van der Waals surface area contributed by atoms with Gasteiger partial charge in [0, 0.05) is 18.9 Å². The fourth-order valence-corrected chi connectivity index (χ4v) is 1.54. The molecule has 0 aliphatic carbocycles. The first-order valence-electron chi connectivity index (χ1n) is 3.88. The number of ether oxygens (including phenoxy) is 2. The zero-order valence-corrected chi connectivity index (χ0v) is 6.00. The maximum atomic E-state index is 5.41. The molecule has 0 amide bonds. The van der Waals surface area contributed by atoms with Gasteiger partial charge in [0.05, 0.1) is 0 Å². The van der Waals surface area contributed by atoms with Crippen molar-refractivity contribution in [2.75, 3.05) is 0 Å². The Morgan fingerprint density at radius 2 is 2.36 bits per heavy atom. The zero-order chi connectivity index (χ0) is 7.26. The van der Waals surface area contributed by atoms with E-state index in [0.29, 0.717) is 5.95 Å². The minimum absolute atomic E-state index is 0.0851. The Labute approximate surface area is 63.9 Å². The Morgan fingerprint density at radius 3 is 3.27 bits per heavy atom. The van der Waals surface area contributed by atoms with E-state index in [-0.39, 0.29) is 6.29 Å². The molecule has 1 aromatic heterocycles. The van der Waals surface area contributed by atoms with Crippen molar-refractivity contribution in [2.24, 2.45) is 0 Å². The summed E-state index contributed by atoms with van der Waals surface area (Å²) in [5.74, 6) is 2.34. The lowest BCUT2D eigenvalue weighted by molar-refractivity contribution is 0.0200. The Morgan fingerprint density at radius 1 is 1.36 bits per heavy atom. The lowest BCUT2D eigenvalue weighted by atomic mass is 10.2. The minimum atomic E-state index is -0.0851. The zero-order valence-electron chi connectivity index (χ0n) is 6.00. The second kappa shape index (κ2) is 1.72. The molecule has 0 saturated carbocycles. The number of furan rings is 1. The Balaban J connectivity index is 2.15. The number of rotatable bonds is 0. The van der Waals surface area contributed by atoms with Crippen LogP contribution in [0.5, 0.6) is 11.7 Å². The number of aryl methyl sites for hydroxylation is 1. The van der Waals surface area contributed by atoms with Crippen LogP contribution < -0.4 is 9.47 Å². The molecule has 58 valence electrons. The van der Waals surface area contributed by atoms with Gasteiger partial charge in [-0.15, -0.1) is 0 Å². The first-order chi connectivity index (χ1) is 5.42. The first kappa shape index (κ1) is 5.52. The molecule has 4 bridgehead atoms. The van der Waals surface area contributed by atoms with E-state index in [1.165, 1.54) is 0 Å². The quantitative estimate of drug-likeness (QED) is 0.567. The summed E-state index contributed by atoms with van der Waals surface area (Å²) >= 11 is 0. The number of hydrogen-bond acceptors (Lipinski definition) is 3. The van der Waals surface area contributed by atoms with Crippen molar-refractivity contribution in [3.63, 3.8) is 0 Å². The predicted molar refractivity (Wildman–Crippen MR) is 36.7 cm³/mol. The third-order valence-electron chi connectivity index (χ3n) is 2.08. The predicted octanol–water partition coefficient (Wildman–Crippen LogP) is 1.71. The topological polar surface area (TPSA) is 31.6 Å². The van der Waals surface area contributed by atoms with Gasteiger partial charge in [-0.25, -0.2) is 0 Å². The molecular weight excluding hydrogens is 144 g/mol. The third kappa shape index (κ3) is 0.679. The van der Waals surface area contributed by atoms with Gasteiger partial charge in [0.25, 0.3) is 0 Å². The molecular formula is C8H8O3. The van der Waals surface area contributed by atoms with Gasteiger partial charge in [-0.05, 0) is 6.42 Å². The average molecular weight is 152 g/mol. The van der Waals surface area contributed by atoms with Crippen molar-refractivity contribution in [2.45, 2.75) is 25.6 Å². The molecule has 0 unspecified atom stereocenters. The highest BCUT2D eigenvalue weighted by molar-refractivity contribution is 5.36. The van der Waals surface area contributed by atoms with Gasteiger partial charge in [-0.1, -0.05) is 0 Å². The van der Waals surface area contributed by atoms with Crippen molar-refractivity contribution in [1.29, 1.82) is 0 Å². The maximum Gasteiger partial charge on any atom is 0.332 e. The van der Waals surface area contributed by atoms with Gasteiger partial charge in [-0.2, -0.15) is 0 Å². The van der Waals surface area contributed by atoms with Gasteiger partial charge in [0.2, 0.25) is 12.0 Å². The molecule has 4 rings (SSSR count). The highest BCUT2D eigenvalue weighted by atomic mass is 16.8. The molecule has 0 fully saturated rings. The fourth-order valence-electron chi connectivity index (χ4n) is 1.54. The number of fused-ring (bicyclic) bond motifs is 2. The van der Waals surface area contributed by atoms with E-state index in [4.69, 9.17) is 13.9 Å². The molecule has 0 radical (unpaired) electrons. The Hall–Kier alpha value is -1.12. The largest absolute Gasteiger partial charge is 0.447 e. The first-order valence-corrected chi connectivity index (χ1v) is 3.88. The van der Waals surface area contributed by atoms with Crippen molar-refractivity contribution in [3.8, 4) is 11.7 Å². The molecule has 3 aliphatic rings. The highest BCUT2D eigenvalue weighted by Crippen LogP contribution is 2.41. The summed E-state index contributed by atoms with van der Waals surface area (Å²) in [5, 5.41) is 0. The lowest BCUT2D eigenvalue weighted by Crippen LogP contribution is -2.19. The van der Waals surface area contributed by atoms with Crippen LogP contribution in [0.4, 0.5) is 0 Å². The normalized spacial score (nSPS) is 25.6. The van der Waals surface area contributed by atoms with Crippen LogP contribution in [-0.2, 0) is 6.42 Å². The third-order valence-corrected chi connectivity index (χ3v) is 2.08. The van der Waals surface area contributed by atoms with Crippen LogP contribution >= 0.6 is 0 Å². The molecule has 4 heterocycles. The van der Waals surface area contributed by atoms with Crippen LogP contribution in [-0.4, -0.2) is 6.29 Å². The summed E-state index contributed by atoms with van der Waals surface area (Å²) in [6.07, 6.45) is 2.97. The van der Waals surface area contributed by atoms with Gasteiger partial charge in [0.1, 0.15) is 5.76 Å². The van der Waals surface area contributed by atoms with E-state index < -0.39 is 0 Å². The smallest absolute Gasteiger partial charge is 0.332 e. The van der Waals surface area contributed by atoms with Gasteiger partial charge >= 0.3 is 5.95 Å². The van der Waals surface area contributed by atoms with Crippen molar-refractivity contribution in [3.05, 3.63) is 11.8 Å². The SMILES string of the molecule is c1c2oc3c1O[C@H](CCC2)O3. The highest BCUT2D eigenvalue weighted by Gasteiger charge is 2.30. The molecule has 3 nitrogen and oxygen atoms in total. The maximum absolute atomic E-state index is 5.41. The summed E-state index contributed by atoms with van der Waals surface area (Å²) in [6.45, 7) is 0. The molecule has 3 aliphatic heterocycles. The minimum Gasteiger partial charge on any atom is -0.447 e. The van der Waals surface area contributed by atoms with Crippen LogP contribution in [0.25, 0.3) is 0 Å². The van der Waals surface area contributed by atoms with E-state index in [0.717, 1.165) is 30.8 Å². The molecule has 0 aromatic carbocycles. The molecule has 1 atom stereocenters. The summed E-state index contributed by atoms with van der Waals surface area (Å²) in [5.41, 5.74) is 0. The second-order valence-corrected chi connectivity index (χ2v) is 2.92. The summed E-state index contributed by atoms with van der Waals surface area (Å²) < 4.78 is 16.1. The van der Waals surface area contributed by atoms with Crippen LogP contribution in [0.1, 0.15) is 18.6 Å². The van der Waals surface area contributed by atoms with E-state index in [1.807, 2.05) is 6.07 Å². The Kier molecular flexibility index (Phi) is 0.866. The molecule has 0 N–H and O–H groups in total. The van der Waals surface area contributed by atoms with E-state index in [1.54, 1.807) is 0 Å². The molecule has 3 heteroatoms. The molecule has 1 aromatic rings. The van der Waals surface area contributed by atoms with Crippen LogP contribution in [0.2, 0.25) is 0 Å². The summed E-state index contributed by atoms with van der Waals surface area (Å²) in [4.78, 5) is 0. The number of hydrogen-bond donors (Lipinski definition) is 0. The van der Waals surface area contributed by atoms with Crippen LogP contribution in [0.15, 0.2) is 10.5 Å². The van der Waals surface area contributed by atoms with E-state index in [2.05, 4.69) is 0 Å². The van der Waals surface area contributed by atoms with Gasteiger partial charge in [-0.3, -0.25) is 0 Å². The summed E-state index contributed by atoms with van der Waals surface area (Å²) in [6, 6.07) is 1.93. The molecule has 0 spiro atoms. The molecule has 11 heavy (non-hydrogen) atoms. The monoisotopic (exact) mass is 152 g/mol. The second-order valence-electron chi connectivity index (χ2n) is 2.92. The molecule has 0 saturated heterocycles. The van der Waals surface area contributed by atoms with Gasteiger partial charge in [0.15, 0.2) is 0 Å². The average Bonchev–Trinajstić information content (AvgIpc) is 2.33. The standard InChI is InChI=1S/C8H8O3/c1-2-5-4-6-8(9-5)11-7(3-1)10-6/h4,7H,1-3H2/t7-/m0/s1. The van der Waals surface area contributed by atoms with Crippen LogP contribution in [0, 0.1) is 0 Å². The summed E-state index contributed by atoms with van der Waals surface area (Å²) in [7, 11) is 0. The van der Waals surface area contributed by atoms with Crippen LogP contribution in [0.3, 0.4) is 0 Å². The van der Waals surface area contributed by atoms with Crippen molar-refractivity contribution >= 4 is 0 Å². The fraction of sp³-hybridized carbons (Fsp3) is 0.500. The Bertz CT molecular complexity index is 266. The van der Waals surface area contributed by atoms with E-state index >= 15 is 0 Å².